The van der Waals surface area contributed by atoms with Gasteiger partial charge in [0.05, 0.1) is 6.10 Å². The van der Waals surface area contributed by atoms with Gasteiger partial charge in [-0.15, -0.1) is 0 Å². The van der Waals surface area contributed by atoms with Crippen LogP contribution in [0.2, 0.25) is 0 Å². The molecule has 2 aromatic carbocycles. The molecule has 0 bridgehead atoms. The Balaban J connectivity index is 2.16. The van der Waals surface area contributed by atoms with E-state index in [0.717, 1.165) is 16.5 Å². The molecule has 2 atom stereocenters. The lowest BCUT2D eigenvalue weighted by Gasteiger charge is -2.24. The number of nitrogens with zero attached hydrogens (tertiary/aromatic N) is 1. The molecule has 4 N–H and O–H groups in total. The van der Waals surface area contributed by atoms with Crippen LogP contribution in [0.3, 0.4) is 0 Å². The van der Waals surface area contributed by atoms with Crippen molar-refractivity contribution < 1.29 is 20.2 Å². The largest absolute Gasteiger partial charge is 0.391 e. The molecule has 0 heterocycles. The second-order valence-electron chi connectivity index (χ2n) is 5.61. The molecule has 6 heteroatoms. The molecule has 0 radical (unpaired) electrons. The smallest absolute Gasteiger partial charge is 0.267 e. The van der Waals surface area contributed by atoms with Crippen LogP contribution in [-0.4, -0.2) is 45.3 Å². The van der Waals surface area contributed by atoms with Crippen LogP contribution in [0, 0.1) is 6.92 Å². The van der Waals surface area contributed by atoms with Crippen LogP contribution in [0.15, 0.2) is 36.4 Å². The third kappa shape index (κ3) is 4.05. The summed E-state index contributed by atoms with van der Waals surface area (Å²) in [7, 11) is 0. The van der Waals surface area contributed by atoms with Gasteiger partial charge >= 0.3 is 0 Å². The van der Waals surface area contributed by atoms with Crippen LogP contribution in [0.25, 0.3) is 10.8 Å². The lowest BCUT2D eigenvalue weighted by atomic mass is 10.0. The zero-order valence-electron chi connectivity index (χ0n) is 13.2. The molecule has 23 heavy (non-hydrogen) atoms. The summed E-state index contributed by atoms with van der Waals surface area (Å²) in [5.74, 6) is -0.778. The van der Waals surface area contributed by atoms with Gasteiger partial charge < -0.3 is 10.2 Å². The van der Waals surface area contributed by atoms with E-state index in [1.807, 2.05) is 37.3 Å². The molecular formula is C17H22N2O4. The molecule has 0 aliphatic heterocycles. The van der Waals surface area contributed by atoms with Gasteiger partial charge in [0.25, 0.3) is 5.91 Å². The third-order valence-electron chi connectivity index (χ3n) is 3.79. The predicted octanol–water partition coefficient (Wildman–Crippen LogP) is 1.15. The number of hydrogen-bond donors (Lipinski definition) is 4. The number of amides is 1. The van der Waals surface area contributed by atoms with E-state index in [-0.39, 0.29) is 5.06 Å². The summed E-state index contributed by atoms with van der Waals surface area (Å²) in [5, 5.41) is 33.2. The predicted molar refractivity (Wildman–Crippen MR) is 86.7 cm³/mol. The zero-order chi connectivity index (χ0) is 17.0. The third-order valence-corrected chi connectivity index (χ3v) is 3.79. The van der Waals surface area contributed by atoms with E-state index in [1.165, 1.54) is 12.3 Å². The van der Waals surface area contributed by atoms with Gasteiger partial charge in [-0.25, -0.2) is 0 Å². The van der Waals surface area contributed by atoms with Crippen LogP contribution in [0.1, 0.15) is 18.1 Å². The Labute approximate surface area is 134 Å². The summed E-state index contributed by atoms with van der Waals surface area (Å²) in [5.41, 5.74) is 2.09. The van der Waals surface area contributed by atoms with Crippen molar-refractivity contribution in [1.29, 1.82) is 0 Å². The number of carbonyl (C=O) groups excluding carboxylic acids is 1. The van der Waals surface area contributed by atoms with Gasteiger partial charge in [0, 0.05) is 6.54 Å². The maximum atomic E-state index is 11.9. The highest BCUT2D eigenvalue weighted by Crippen LogP contribution is 2.20. The van der Waals surface area contributed by atoms with Crippen LogP contribution < -0.4 is 5.32 Å². The first-order chi connectivity index (χ1) is 10.9. The maximum Gasteiger partial charge on any atom is 0.267 e. The summed E-state index contributed by atoms with van der Waals surface area (Å²) >= 11 is 0. The molecule has 0 spiro atoms. The summed E-state index contributed by atoms with van der Waals surface area (Å²) in [6, 6.07) is 11.0. The van der Waals surface area contributed by atoms with Gasteiger partial charge in [0.2, 0.25) is 0 Å². The lowest BCUT2D eigenvalue weighted by Crippen LogP contribution is -2.51. The second kappa shape index (κ2) is 7.52. The van der Waals surface area contributed by atoms with Crippen molar-refractivity contribution in [1.82, 2.24) is 10.4 Å². The van der Waals surface area contributed by atoms with Gasteiger partial charge in [-0.1, -0.05) is 30.3 Å². The van der Waals surface area contributed by atoms with E-state index in [4.69, 9.17) is 5.11 Å². The van der Waals surface area contributed by atoms with Crippen molar-refractivity contribution in [2.75, 3.05) is 6.73 Å². The van der Waals surface area contributed by atoms with Crippen molar-refractivity contribution >= 4 is 16.7 Å². The number of fused-ring (bicyclic) bond motifs is 1. The van der Waals surface area contributed by atoms with Crippen LogP contribution in [0.5, 0.6) is 0 Å². The first-order valence-electron chi connectivity index (χ1n) is 7.45. The van der Waals surface area contributed by atoms with Crippen LogP contribution in [0.4, 0.5) is 0 Å². The molecule has 6 nitrogen and oxygen atoms in total. The Morgan fingerprint density at radius 2 is 2.00 bits per heavy atom. The van der Waals surface area contributed by atoms with Gasteiger partial charge in [0.1, 0.15) is 12.8 Å². The average molecular weight is 318 g/mol. The number of hydrogen-bond acceptors (Lipinski definition) is 5. The minimum Gasteiger partial charge on any atom is -0.391 e. The number of nitrogens with one attached hydrogen (secondary N) is 1. The molecule has 0 saturated heterocycles. The Hall–Kier alpha value is -1.99. The second-order valence-corrected chi connectivity index (χ2v) is 5.61. The standard InChI is InChI=1S/C17H22N2O4/c1-11-7-13(8-14-5-3-4-6-15(11)14)9-18-16(12(2)21)17(22)19(23)10-20/h3-8,12,16,18,20-21,23H,9-10H2,1-2H3/t12-,16+/m1/s1. The van der Waals surface area contributed by atoms with Gasteiger partial charge in [-0.2, -0.15) is 5.06 Å². The number of benzene rings is 2. The highest BCUT2D eigenvalue weighted by molar-refractivity contribution is 5.86. The van der Waals surface area contributed by atoms with E-state index in [0.29, 0.717) is 6.54 Å². The molecule has 0 unspecified atom stereocenters. The summed E-state index contributed by atoms with van der Waals surface area (Å²) in [4.78, 5) is 11.9. The van der Waals surface area contributed by atoms with E-state index in [9.17, 15) is 15.1 Å². The van der Waals surface area contributed by atoms with E-state index in [2.05, 4.69) is 11.4 Å². The fraction of sp³-hybridized carbons (Fsp3) is 0.353. The SMILES string of the molecule is Cc1cc(CN[C@H](C(=O)N(O)CO)[C@@H](C)O)cc2ccccc12. The summed E-state index contributed by atoms with van der Waals surface area (Å²) in [6.45, 7) is 3.00. The Morgan fingerprint density at radius 3 is 2.65 bits per heavy atom. The number of hydroxylamine groups is 2. The summed E-state index contributed by atoms with van der Waals surface area (Å²) < 4.78 is 0. The van der Waals surface area contributed by atoms with E-state index in [1.54, 1.807) is 0 Å². The minimum atomic E-state index is -1.01. The fourth-order valence-corrected chi connectivity index (χ4v) is 2.60. The topological polar surface area (TPSA) is 93.0 Å². The van der Waals surface area contributed by atoms with Gasteiger partial charge in [-0.3, -0.25) is 15.3 Å². The molecule has 0 fully saturated rings. The molecule has 2 aromatic rings. The first kappa shape index (κ1) is 17.4. The van der Waals surface area contributed by atoms with Crippen LogP contribution in [-0.2, 0) is 11.3 Å². The molecule has 0 aliphatic rings. The quantitative estimate of drug-likeness (QED) is 0.364. The number of aliphatic hydroxyl groups is 2. The lowest BCUT2D eigenvalue weighted by molar-refractivity contribution is -0.185. The zero-order valence-corrected chi connectivity index (χ0v) is 13.2. The van der Waals surface area contributed by atoms with Crippen molar-refractivity contribution in [3.05, 3.63) is 47.5 Å². The summed E-state index contributed by atoms with van der Waals surface area (Å²) in [6.07, 6.45) is -1.01. The van der Waals surface area contributed by atoms with Crippen molar-refractivity contribution in [3.8, 4) is 0 Å². The number of carbonyl (C=O) groups is 1. The molecule has 1 amide bonds. The Kier molecular flexibility index (Phi) is 5.68. The molecule has 0 aromatic heterocycles. The Bertz CT molecular complexity index is 687. The fourth-order valence-electron chi connectivity index (χ4n) is 2.60. The normalized spacial score (nSPS) is 13.8. The number of aliphatic hydroxyl groups excluding tert-OH is 2. The monoisotopic (exact) mass is 318 g/mol. The van der Waals surface area contributed by atoms with Gasteiger partial charge in [0.15, 0.2) is 0 Å². The highest BCUT2D eigenvalue weighted by atomic mass is 16.5. The first-order valence-corrected chi connectivity index (χ1v) is 7.45. The van der Waals surface area contributed by atoms with Crippen LogP contribution >= 0.6 is 0 Å². The van der Waals surface area contributed by atoms with Crippen molar-refractivity contribution in [2.24, 2.45) is 0 Å². The highest BCUT2D eigenvalue weighted by Gasteiger charge is 2.27. The molecule has 0 saturated carbocycles. The molecule has 2 rings (SSSR count). The molecular weight excluding hydrogens is 296 g/mol. The van der Waals surface area contributed by atoms with Crippen molar-refractivity contribution in [2.45, 2.75) is 32.5 Å². The Morgan fingerprint density at radius 1 is 1.30 bits per heavy atom. The number of aryl methyl sites for hydroxylation is 1. The minimum absolute atomic E-state index is 0.177. The van der Waals surface area contributed by atoms with Gasteiger partial charge in [-0.05, 0) is 41.8 Å². The number of rotatable bonds is 6. The molecule has 0 aliphatic carbocycles. The average Bonchev–Trinajstić information content (AvgIpc) is 2.53. The van der Waals surface area contributed by atoms with E-state index >= 15 is 0 Å². The molecule has 124 valence electrons. The maximum absolute atomic E-state index is 11.9. The van der Waals surface area contributed by atoms with Crippen molar-refractivity contribution in [3.63, 3.8) is 0 Å². The van der Waals surface area contributed by atoms with E-state index < -0.39 is 24.8 Å².